The molecular weight excluding hydrogens is 422 g/mol. The van der Waals surface area contributed by atoms with Crippen LogP contribution in [0.4, 0.5) is 11.5 Å². The predicted molar refractivity (Wildman–Crippen MR) is 121 cm³/mol. The molecule has 0 atom stereocenters. The number of nitrogens with zero attached hydrogens (tertiary/aromatic N) is 3. The first kappa shape index (κ1) is 21.8. The van der Waals surface area contributed by atoms with E-state index < -0.39 is 10.0 Å². The molecule has 9 heteroatoms. The van der Waals surface area contributed by atoms with Crippen molar-refractivity contribution in [1.82, 2.24) is 19.3 Å². The lowest BCUT2D eigenvalue weighted by Crippen LogP contribution is -2.12. The van der Waals surface area contributed by atoms with Gasteiger partial charge in [-0.25, -0.2) is 17.4 Å². The number of nitrogens with one attached hydrogen (secondary N) is 2. The van der Waals surface area contributed by atoms with E-state index in [0.29, 0.717) is 12.1 Å². The lowest BCUT2D eigenvalue weighted by atomic mass is 10.1. The average molecular weight is 444 g/mol. The van der Waals surface area contributed by atoms with Crippen LogP contribution in [0, 0.1) is 6.92 Å². The summed E-state index contributed by atoms with van der Waals surface area (Å²) in [5.41, 5.74) is 3.26. The number of hydrogen-bond donors (Lipinski definition) is 2. The fraction of sp³-hybridized carbons (Fsp3) is 0.143. The molecule has 3 heterocycles. The lowest BCUT2D eigenvalue weighted by Gasteiger charge is -2.10. The fourth-order valence-corrected chi connectivity index (χ4v) is 4.59. The van der Waals surface area contributed by atoms with Gasteiger partial charge in [-0.05, 0) is 55.4 Å². The standard InChI is InChI=1S/C21H21N5O2S.ClH/c1-15-5-3-10-24-21(15)25-17-7-8-19-16(12-22-2)14-26(20(19)11-17)29(27,28)18-6-4-9-23-13-18;/h3-11,13-14,22H,12H2,1-2H3,(H,24,25);1H. The molecule has 0 aliphatic heterocycles. The van der Waals surface area contributed by atoms with Crippen LogP contribution in [0.3, 0.4) is 0 Å². The molecule has 4 rings (SSSR count). The number of rotatable bonds is 6. The van der Waals surface area contributed by atoms with Gasteiger partial charge in [0, 0.05) is 42.4 Å². The van der Waals surface area contributed by atoms with Crippen LogP contribution in [0.25, 0.3) is 10.9 Å². The molecule has 2 N–H and O–H groups in total. The lowest BCUT2D eigenvalue weighted by molar-refractivity contribution is 0.588. The molecule has 0 fully saturated rings. The zero-order valence-electron chi connectivity index (χ0n) is 16.5. The van der Waals surface area contributed by atoms with E-state index in [4.69, 9.17) is 0 Å². The predicted octanol–water partition coefficient (Wildman–Crippen LogP) is 3.86. The number of benzene rings is 1. The molecule has 0 saturated carbocycles. The second kappa shape index (κ2) is 8.83. The third-order valence-corrected chi connectivity index (χ3v) is 6.34. The average Bonchev–Trinajstić information content (AvgIpc) is 3.09. The van der Waals surface area contributed by atoms with Crippen molar-refractivity contribution in [2.45, 2.75) is 18.4 Å². The maximum absolute atomic E-state index is 13.3. The summed E-state index contributed by atoms with van der Waals surface area (Å²) in [4.78, 5) is 8.46. The van der Waals surface area contributed by atoms with Crippen LogP contribution in [0.5, 0.6) is 0 Å². The van der Waals surface area contributed by atoms with Crippen molar-refractivity contribution in [2.24, 2.45) is 0 Å². The van der Waals surface area contributed by atoms with Gasteiger partial charge in [-0.3, -0.25) is 4.98 Å². The highest BCUT2D eigenvalue weighted by molar-refractivity contribution is 7.90. The third-order valence-electron chi connectivity index (χ3n) is 4.68. The first-order chi connectivity index (χ1) is 14.0. The Labute approximate surface area is 181 Å². The van der Waals surface area contributed by atoms with Crippen LogP contribution >= 0.6 is 12.4 Å². The molecule has 0 saturated heterocycles. The van der Waals surface area contributed by atoms with Crippen molar-refractivity contribution < 1.29 is 8.42 Å². The van der Waals surface area contributed by atoms with Gasteiger partial charge in [0.05, 0.1) is 5.52 Å². The quantitative estimate of drug-likeness (QED) is 0.470. The minimum atomic E-state index is -3.78. The van der Waals surface area contributed by atoms with E-state index in [1.807, 2.05) is 44.3 Å². The highest BCUT2D eigenvalue weighted by Crippen LogP contribution is 2.29. The summed E-state index contributed by atoms with van der Waals surface area (Å²) < 4.78 is 27.8. The van der Waals surface area contributed by atoms with Crippen LogP contribution in [0.2, 0.25) is 0 Å². The Morgan fingerprint density at radius 3 is 2.60 bits per heavy atom. The molecule has 0 aliphatic rings. The Kier molecular flexibility index (Phi) is 6.40. The zero-order valence-corrected chi connectivity index (χ0v) is 18.2. The van der Waals surface area contributed by atoms with Crippen LogP contribution in [-0.2, 0) is 16.6 Å². The molecule has 1 aromatic carbocycles. The molecule has 0 bridgehead atoms. The summed E-state index contributed by atoms with van der Waals surface area (Å²) in [5, 5.41) is 7.24. The summed E-state index contributed by atoms with van der Waals surface area (Å²) in [6.07, 6.45) is 6.29. The molecule has 156 valence electrons. The van der Waals surface area contributed by atoms with Crippen molar-refractivity contribution in [3.63, 3.8) is 0 Å². The van der Waals surface area contributed by atoms with Gasteiger partial charge in [-0.2, -0.15) is 0 Å². The number of anilines is 2. The van der Waals surface area contributed by atoms with Gasteiger partial charge in [0.1, 0.15) is 10.7 Å². The van der Waals surface area contributed by atoms with Crippen molar-refractivity contribution in [1.29, 1.82) is 0 Å². The Morgan fingerprint density at radius 1 is 1.10 bits per heavy atom. The van der Waals surface area contributed by atoms with Crippen LogP contribution in [-0.4, -0.2) is 29.4 Å². The molecule has 0 radical (unpaired) electrons. The molecule has 0 aliphatic carbocycles. The van der Waals surface area contributed by atoms with E-state index >= 15 is 0 Å². The van der Waals surface area contributed by atoms with Gasteiger partial charge < -0.3 is 10.6 Å². The first-order valence-corrected chi connectivity index (χ1v) is 10.6. The Hall–Kier alpha value is -2.94. The largest absolute Gasteiger partial charge is 0.340 e. The summed E-state index contributed by atoms with van der Waals surface area (Å²) in [6.45, 7) is 2.52. The Bertz CT molecular complexity index is 1270. The minimum Gasteiger partial charge on any atom is -0.340 e. The molecule has 3 aromatic heterocycles. The second-order valence-electron chi connectivity index (χ2n) is 6.70. The van der Waals surface area contributed by atoms with Gasteiger partial charge in [0.25, 0.3) is 10.0 Å². The number of fused-ring (bicyclic) bond motifs is 1. The molecule has 7 nitrogen and oxygen atoms in total. The first-order valence-electron chi connectivity index (χ1n) is 9.13. The Morgan fingerprint density at radius 2 is 1.90 bits per heavy atom. The molecule has 0 spiro atoms. The fourth-order valence-electron chi connectivity index (χ4n) is 3.24. The van der Waals surface area contributed by atoms with Crippen molar-refractivity contribution in [3.05, 3.63) is 78.4 Å². The third kappa shape index (κ3) is 4.02. The van der Waals surface area contributed by atoms with Gasteiger partial charge in [0.15, 0.2) is 0 Å². The highest BCUT2D eigenvalue weighted by atomic mass is 35.5. The molecular formula is C21H22ClN5O2S. The van der Waals surface area contributed by atoms with E-state index in [2.05, 4.69) is 20.6 Å². The monoisotopic (exact) mass is 443 g/mol. The van der Waals surface area contributed by atoms with Gasteiger partial charge in [-0.1, -0.05) is 12.1 Å². The second-order valence-corrected chi connectivity index (χ2v) is 8.52. The SMILES string of the molecule is CNCc1cn(S(=O)(=O)c2cccnc2)c2cc(Nc3ncccc3C)ccc12.Cl. The van der Waals surface area contributed by atoms with Crippen LogP contribution in [0.1, 0.15) is 11.1 Å². The normalized spacial score (nSPS) is 11.3. The van der Waals surface area contributed by atoms with Crippen molar-refractivity contribution in [3.8, 4) is 0 Å². The van der Waals surface area contributed by atoms with Crippen molar-refractivity contribution >= 4 is 44.8 Å². The molecule has 4 aromatic rings. The number of hydrogen-bond acceptors (Lipinski definition) is 6. The number of halogens is 1. The maximum atomic E-state index is 13.3. The van der Waals surface area contributed by atoms with E-state index in [9.17, 15) is 8.42 Å². The van der Waals surface area contributed by atoms with E-state index in [1.165, 1.54) is 10.2 Å². The van der Waals surface area contributed by atoms with E-state index in [0.717, 1.165) is 28.0 Å². The molecule has 0 unspecified atom stereocenters. The summed E-state index contributed by atoms with van der Waals surface area (Å²) in [7, 11) is -1.95. The molecule has 0 amide bonds. The summed E-state index contributed by atoms with van der Waals surface area (Å²) >= 11 is 0. The van der Waals surface area contributed by atoms with E-state index in [-0.39, 0.29) is 17.3 Å². The summed E-state index contributed by atoms with van der Waals surface area (Å²) in [6, 6.07) is 12.7. The Balaban J connectivity index is 0.00000256. The smallest absolute Gasteiger partial charge is 0.269 e. The maximum Gasteiger partial charge on any atom is 0.269 e. The minimum absolute atomic E-state index is 0. The number of aromatic nitrogens is 3. The van der Waals surface area contributed by atoms with E-state index in [1.54, 1.807) is 30.7 Å². The number of pyridine rings is 2. The highest BCUT2D eigenvalue weighted by Gasteiger charge is 2.21. The van der Waals surface area contributed by atoms with Crippen LogP contribution in [0.15, 0.2) is 72.1 Å². The topological polar surface area (TPSA) is 88.9 Å². The van der Waals surface area contributed by atoms with Crippen molar-refractivity contribution in [2.75, 3.05) is 12.4 Å². The zero-order chi connectivity index (χ0) is 20.4. The van der Waals surface area contributed by atoms with Gasteiger partial charge >= 0.3 is 0 Å². The summed E-state index contributed by atoms with van der Waals surface area (Å²) in [5.74, 6) is 0.732. The van der Waals surface area contributed by atoms with Crippen LogP contribution < -0.4 is 10.6 Å². The van der Waals surface area contributed by atoms with Gasteiger partial charge in [0.2, 0.25) is 0 Å². The number of aryl methyl sites for hydroxylation is 1. The van der Waals surface area contributed by atoms with Gasteiger partial charge in [-0.15, -0.1) is 12.4 Å². The molecule has 30 heavy (non-hydrogen) atoms.